The van der Waals surface area contributed by atoms with Crippen molar-refractivity contribution in [3.63, 3.8) is 0 Å². The van der Waals surface area contributed by atoms with Gasteiger partial charge in [0.15, 0.2) is 11.0 Å². The van der Waals surface area contributed by atoms with E-state index in [1.165, 1.54) is 11.8 Å². The van der Waals surface area contributed by atoms with Gasteiger partial charge in [0.1, 0.15) is 0 Å². The number of carbonyl (C=O) groups excluding carboxylic acids is 1. The molecule has 0 aliphatic heterocycles. The number of hydrogen-bond acceptors (Lipinski definition) is 5. The van der Waals surface area contributed by atoms with Gasteiger partial charge in [0.05, 0.1) is 10.9 Å². The molecule has 140 valence electrons. The Hall–Kier alpha value is -2.25. The van der Waals surface area contributed by atoms with Gasteiger partial charge in [-0.25, -0.2) is 0 Å². The van der Waals surface area contributed by atoms with E-state index < -0.39 is 0 Å². The maximum Gasteiger partial charge on any atom is 0.237 e. The van der Waals surface area contributed by atoms with Crippen molar-refractivity contribution in [3.8, 4) is 11.4 Å². The van der Waals surface area contributed by atoms with Crippen LogP contribution in [0.1, 0.15) is 13.8 Å². The number of aromatic nitrogens is 3. The summed E-state index contributed by atoms with van der Waals surface area (Å²) < 4.78 is 2.04. The molecule has 0 saturated carbocycles. The second kappa shape index (κ2) is 9.10. The van der Waals surface area contributed by atoms with Gasteiger partial charge in [-0.3, -0.25) is 4.79 Å². The maximum atomic E-state index is 12.7. The quantitative estimate of drug-likeness (QED) is 0.579. The van der Waals surface area contributed by atoms with E-state index in [2.05, 4.69) is 22.4 Å². The highest BCUT2D eigenvalue weighted by Crippen LogP contribution is 2.29. The molecule has 0 fully saturated rings. The molecule has 3 rings (SSSR count). The molecular formula is C20H22N4OS2. The van der Waals surface area contributed by atoms with Crippen LogP contribution < -0.4 is 5.32 Å². The minimum absolute atomic E-state index is 0.0478. The van der Waals surface area contributed by atoms with E-state index >= 15 is 0 Å². The van der Waals surface area contributed by atoms with Crippen molar-refractivity contribution in [2.45, 2.75) is 35.7 Å². The second-order valence-corrected chi connectivity index (χ2v) is 8.02. The summed E-state index contributed by atoms with van der Waals surface area (Å²) in [6.07, 6.45) is 2.00. The third-order valence-electron chi connectivity index (χ3n) is 4.08. The number of carbonyl (C=O) groups is 1. The Balaban J connectivity index is 1.75. The van der Waals surface area contributed by atoms with Crippen molar-refractivity contribution < 1.29 is 4.79 Å². The van der Waals surface area contributed by atoms with E-state index in [1.54, 1.807) is 11.8 Å². The van der Waals surface area contributed by atoms with Crippen LogP contribution in [0, 0.1) is 0 Å². The zero-order valence-corrected chi connectivity index (χ0v) is 17.2. The van der Waals surface area contributed by atoms with Crippen LogP contribution in [0.2, 0.25) is 0 Å². The fourth-order valence-electron chi connectivity index (χ4n) is 2.66. The number of hydrogen-bond donors (Lipinski definition) is 1. The Morgan fingerprint density at radius 2 is 1.81 bits per heavy atom. The predicted octanol–water partition coefficient (Wildman–Crippen LogP) is 4.81. The van der Waals surface area contributed by atoms with E-state index in [9.17, 15) is 4.79 Å². The lowest BCUT2D eigenvalue weighted by Gasteiger charge is -2.14. The molecule has 0 aliphatic rings. The summed E-state index contributed by atoms with van der Waals surface area (Å²) in [5, 5.41) is 12.1. The predicted molar refractivity (Wildman–Crippen MR) is 113 cm³/mol. The summed E-state index contributed by atoms with van der Waals surface area (Å²) in [5.74, 6) is 0.773. The average Bonchev–Trinajstić information content (AvgIpc) is 3.11. The molecule has 1 N–H and O–H groups in total. The molecule has 2 aromatic carbocycles. The molecule has 5 nitrogen and oxygen atoms in total. The first kappa shape index (κ1) is 19.5. The van der Waals surface area contributed by atoms with Crippen molar-refractivity contribution in [3.05, 3.63) is 54.6 Å². The zero-order valence-electron chi connectivity index (χ0n) is 15.5. The Kier molecular flexibility index (Phi) is 6.58. The summed E-state index contributed by atoms with van der Waals surface area (Å²) in [6.45, 7) is 4.68. The Morgan fingerprint density at radius 3 is 2.52 bits per heavy atom. The molecule has 1 amide bonds. The molecule has 0 aliphatic carbocycles. The third-order valence-corrected chi connectivity index (χ3v) is 5.96. The van der Waals surface area contributed by atoms with Gasteiger partial charge in [0, 0.05) is 17.0 Å². The number of anilines is 1. The van der Waals surface area contributed by atoms with Crippen LogP contribution in [0.4, 0.5) is 5.69 Å². The summed E-state index contributed by atoms with van der Waals surface area (Å²) in [7, 11) is 0. The highest BCUT2D eigenvalue weighted by molar-refractivity contribution is 8.00. The summed E-state index contributed by atoms with van der Waals surface area (Å²) >= 11 is 3.03. The molecular weight excluding hydrogens is 376 g/mol. The van der Waals surface area contributed by atoms with Gasteiger partial charge in [-0.05, 0) is 32.2 Å². The Morgan fingerprint density at radius 1 is 1.11 bits per heavy atom. The van der Waals surface area contributed by atoms with Crippen molar-refractivity contribution in [2.75, 3.05) is 11.6 Å². The topological polar surface area (TPSA) is 59.8 Å². The van der Waals surface area contributed by atoms with E-state index in [1.807, 2.05) is 72.3 Å². The molecule has 7 heteroatoms. The first-order chi connectivity index (χ1) is 13.1. The molecule has 1 unspecified atom stereocenters. The lowest BCUT2D eigenvalue weighted by Crippen LogP contribution is -2.23. The van der Waals surface area contributed by atoms with E-state index in [0.29, 0.717) is 0 Å². The van der Waals surface area contributed by atoms with Gasteiger partial charge in [-0.2, -0.15) is 0 Å². The number of para-hydroxylation sites is 1. The number of amides is 1. The molecule has 1 heterocycles. The first-order valence-corrected chi connectivity index (χ1v) is 10.8. The van der Waals surface area contributed by atoms with Crippen molar-refractivity contribution >= 4 is 35.1 Å². The summed E-state index contributed by atoms with van der Waals surface area (Å²) in [6, 6.07) is 17.8. The molecule has 0 bridgehead atoms. The van der Waals surface area contributed by atoms with Crippen LogP contribution in [0.25, 0.3) is 11.4 Å². The van der Waals surface area contributed by atoms with Gasteiger partial charge in [0.2, 0.25) is 5.91 Å². The van der Waals surface area contributed by atoms with Gasteiger partial charge in [0.25, 0.3) is 0 Å². The van der Waals surface area contributed by atoms with Crippen molar-refractivity contribution in [2.24, 2.45) is 0 Å². The molecule has 1 atom stereocenters. The molecule has 27 heavy (non-hydrogen) atoms. The molecule has 0 saturated heterocycles. The third kappa shape index (κ3) is 4.54. The lowest BCUT2D eigenvalue weighted by atomic mass is 10.2. The van der Waals surface area contributed by atoms with Gasteiger partial charge in [-0.15, -0.1) is 22.0 Å². The Bertz CT molecular complexity index is 911. The van der Waals surface area contributed by atoms with E-state index in [4.69, 9.17) is 0 Å². The smallest absolute Gasteiger partial charge is 0.237 e. The summed E-state index contributed by atoms with van der Waals surface area (Å²) in [4.78, 5) is 13.7. The Labute approximate surface area is 168 Å². The monoisotopic (exact) mass is 398 g/mol. The number of benzene rings is 2. The van der Waals surface area contributed by atoms with E-state index in [0.717, 1.165) is 33.7 Å². The van der Waals surface area contributed by atoms with Crippen molar-refractivity contribution in [1.29, 1.82) is 0 Å². The van der Waals surface area contributed by atoms with Crippen molar-refractivity contribution in [1.82, 2.24) is 14.8 Å². The minimum Gasteiger partial charge on any atom is -0.324 e. The minimum atomic E-state index is -0.293. The summed E-state index contributed by atoms with van der Waals surface area (Å²) in [5.41, 5.74) is 1.86. The molecule has 3 aromatic rings. The van der Waals surface area contributed by atoms with Crippen LogP contribution in [0.5, 0.6) is 0 Å². The first-order valence-electron chi connectivity index (χ1n) is 8.73. The largest absolute Gasteiger partial charge is 0.324 e. The van der Waals surface area contributed by atoms with Crippen LogP contribution in [0.3, 0.4) is 0 Å². The fraction of sp³-hybridized carbons (Fsp3) is 0.250. The fourth-order valence-corrected chi connectivity index (χ4v) is 4.12. The highest BCUT2D eigenvalue weighted by Gasteiger charge is 2.21. The van der Waals surface area contributed by atoms with Gasteiger partial charge < -0.3 is 9.88 Å². The highest BCUT2D eigenvalue weighted by atomic mass is 32.2. The SMILES string of the molecule is CCn1c(SC(C)C(=O)Nc2ccccc2SC)nnc1-c1ccccc1. The lowest BCUT2D eigenvalue weighted by molar-refractivity contribution is -0.115. The normalized spacial score (nSPS) is 12.0. The van der Waals surface area contributed by atoms with Crippen LogP contribution >= 0.6 is 23.5 Å². The standard InChI is InChI=1S/C20H22N4OS2/c1-4-24-18(15-10-6-5-7-11-15)22-23-20(24)27-14(2)19(25)21-16-12-8-9-13-17(16)26-3/h5-14H,4H2,1-3H3,(H,21,25). The van der Waals surface area contributed by atoms with E-state index in [-0.39, 0.29) is 11.2 Å². The second-order valence-electron chi connectivity index (χ2n) is 5.87. The number of nitrogens with one attached hydrogen (secondary N) is 1. The number of thioether (sulfide) groups is 2. The molecule has 0 radical (unpaired) electrons. The molecule has 0 spiro atoms. The zero-order chi connectivity index (χ0) is 19.2. The van der Waals surface area contributed by atoms with Crippen LogP contribution in [-0.2, 0) is 11.3 Å². The molecule has 1 aromatic heterocycles. The number of rotatable bonds is 7. The van der Waals surface area contributed by atoms with Gasteiger partial charge in [-0.1, -0.05) is 54.2 Å². The van der Waals surface area contributed by atoms with Crippen LogP contribution in [-0.4, -0.2) is 32.2 Å². The number of nitrogens with zero attached hydrogens (tertiary/aromatic N) is 3. The average molecular weight is 399 g/mol. The van der Waals surface area contributed by atoms with Crippen LogP contribution in [0.15, 0.2) is 64.6 Å². The maximum absolute atomic E-state index is 12.7. The van der Waals surface area contributed by atoms with Gasteiger partial charge >= 0.3 is 0 Å².